The van der Waals surface area contributed by atoms with E-state index in [0.717, 1.165) is 6.07 Å². The fraction of sp³-hybridized carbons (Fsp3) is 0.125. The molecule has 0 aromatic heterocycles. The van der Waals surface area contributed by atoms with Gasteiger partial charge in [0, 0.05) is 5.56 Å². The molecular weight excluding hydrogens is 271 g/mol. The molecule has 0 bridgehead atoms. The number of halogens is 1. The molecule has 21 heavy (non-hydrogen) atoms. The van der Waals surface area contributed by atoms with Gasteiger partial charge in [-0.25, -0.2) is 4.39 Å². The lowest BCUT2D eigenvalue weighted by atomic mass is 10.1. The van der Waals surface area contributed by atoms with Gasteiger partial charge in [0.05, 0.1) is 17.9 Å². The summed E-state index contributed by atoms with van der Waals surface area (Å²) in [6.07, 6.45) is 0. The first-order valence-electron chi connectivity index (χ1n) is 6.38. The van der Waals surface area contributed by atoms with Gasteiger partial charge in [-0.05, 0) is 37.3 Å². The van der Waals surface area contributed by atoms with E-state index in [4.69, 9.17) is 10.00 Å². The minimum absolute atomic E-state index is 0.103. The Morgan fingerprint density at radius 2 is 2.10 bits per heavy atom. The van der Waals surface area contributed by atoms with Gasteiger partial charge in [-0.1, -0.05) is 12.1 Å². The predicted octanol–water partition coefficient (Wildman–Crippen LogP) is 3.35. The van der Waals surface area contributed by atoms with E-state index >= 15 is 0 Å². The summed E-state index contributed by atoms with van der Waals surface area (Å²) in [6.45, 7) is 2.09. The van der Waals surface area contributed by atoms with Crippen LogP contribution in [0.15, 0.2) is 42.5 Å². The molecule has 0 aliphatic rings. The summed E-state index contributed by atoms with van der Waals surface area (Å²) >= 11 is 0. The van der Waals surface area contributed by atoms with Crippen LogP contribution < -0.4 is 10.1 Å². The number of hydrogen-bond acceptors (Lipinski definition) is 3. The van der Waals surface area contributed by atoms with Crippen LogP contribution in [0.5, 0.6) is 5.75 Å². The van der Waals surface area contributed by atoms with E-state index in [2.05, 4.69) is 5.32 Å². The Bertz CT molecular complexity index is 708. The molecule has 0 saturated carbocycles. The molecule has 1 amide bonds. The molecule has 2 aromatic rings. The van der Waals surface area contributed by atoms with Gasteiger partial charge in [-0.3, -0.25) is 4.79 Å². The number of nitrogens with one attached hydrogen (secondary N) is 1. The maximum atomic E-state index is 13.7. The number of hydrogen-bond donors (Lipinski definition) is 1. The first-order chi connectivity index (χ1) is 10.2. The average molecular weight is 284 g/mol. The number of benzene rings is 2. The largest absolute Gasteiger partial charge is 0.491 e. The van der Waals surface area contributed by atoms with Crippen molar-refractivity contribution in [3.05, 3.63) is 59.4 Å². The van der Waals surface area contributed by atoms with Gasteiger partial charge in [-0.2, -0.15) is 5.26 Å². The van der Waals surface area contributed by atoms with Crippen molar-refractivity contribution in [3.63, 3.8) is 0 Å². The predicted molar refractivity (Wildman–Crippen MR) is 76.7 cm³/mol. The van der Waals surface area contributed by atoms with Crippen molar-refractivity contribution in [1.82, 2.24) is 0 Å². The fourth-order valence-electron chi connectivity index (χ4n) is 1.80. The molecule has 0 fully saturated rings. The third-order valence-corrected chi connectivity index (χ3v) is 2.79. The van der Waals surface area contributed by atoms with Crippen molar-refractivity contribution in [2.24, 2.45) is 0 Å². The zero-order valence-electron chi connectivity index (χ0n) is 11.4. The Labute approximate surface area is 121 Å². The van der Waals surface area contributed by atoms with Crippen LogP contribution in [0.3, 0.4) is 0 Å². The highest BCUT2D eigenvalue weighted by Crippen LogP contribution is 2.20. The smallest absolute Gasteiger partial charge is 0.255 e. The summed E-state index contributed by atoms with van der Waals surface area (Å²) in [7, 11) is 0. The average Bonchev–Trinajstić information content (AvgIpc) is 2.50. The van der Waals surface area contributed by atoms with E-state index in [1.165, 1.54) is 12.1 Å². The van der Waals surface area contributed by atoms with Gasteiger partial charge in [0.2, 0.25) is 0 Å². The summed E-state index contributed by atoms with van der Waals surface area (Å²) in [5.41, 5.74) is 0.889. The van der Waals surface area contributed by atoms with E-state index in [0.29, 0.717) is 17.9 Å². The minimum atomic E-state index is -0.599. The lowest BCUT2D eigenvalue weighted by molar-refractivity contribution is 0.102. The number of nitrogens with zero attached hydrogens (tertiary/aromatic N) is 1. The normalized spacial score (nSPS) is 9.76. The summed E-state index contributed by atoms with van der Waals surface area (Å²) in [6, 6.07) is 12.6. The van der Waals surface area contributed by atoms with E-state index in [1.807, 2.05) is 6.07 Å². The topological polar surface area (TPSA) is 62.1 Å². The van der Waals surface area contributed by atoms with Crippen LogP contribution in [0.1, 0.15) is 22.8 Å². The van der Waals surface area contributed by atoms with Crippen molar-refractivity contribution in [2.45, 2.75) is 6.92 Å². The van der Waals surface area contributed by atoms with E-state index < -0.39 is 11.7 Å². The maximum Gasteiger partial charge on any atom is 0.255 e. The van der Waals surface area contributed by atoms with Gasteiger partial charge in [0.25, 0.3) is 5.91 Å². The van der Waals surface area contributed by atoms with E-state index in [9.17, 15) is 9.18 Å². The second kappa shape index (κ2) is 6.53. The molecule has 106 valence electrons. The molecule has 4 nitrogen and oxygen atoms in total. The van der Waals surface area contributed by atoms with Crippen LogP contribution in [0.2, 0.25) is 0 Å². The maximum absolute atomic E-state index is 13.7. The molecule has 0 heterocycles. The number of para-hydroxylation sites is 1. The van der Waals surface area contributed by atoms with Gasteiger partial charge >= 0.3 is 0 Å². The second-order valence-electron chi connectivity index (χ2n) is 4.19. The molecule has 0 radical (unpaired) electrons. The molecule has 2 aromatic carbocycles. The van der Waals surface area contributed by atoms with Crippen molar-refractivity contribution < 1.29 is 13.9 Å². The monoisotopic (exact) mass is 284 g/mol. The molecule has 2 rings (SSSR count). The number of carbonyl (C=O) groups excluding carboxylic acids is 1. The van der Waals surface area contributed by atoms with Crippen LogP contribution in [-0.2, 0) is 0 Å². The van der Waals surface area contributed by atoms with Crippen LogP contribution in [0, 0.1) is 17.1 Å². The summed E-state index contributed by atoms with van der Waals surface area (Å²) in [5.74, 6) is -0.982. The molecule has 0 saturated heterocycles. The fourth-order valence-corrected chi connectivity index (χ4v) is 1.80. The van der Waals surface area contributed by atoms with E-state index in [-0.39, 0.29) is 11.3 Å². The molecule has 5 heteroatoms. The standard InChI is InChI=1S/C16H13FN2O2/c1-2-21-15-8-7-11(9-13(15)17)16(20)19-14-6-4-3-5-12(14)10-18/h3-9H,2H2,1H3,(H,19,20). The molecule has 0 atom stereocenters. The Balaban J connectivity index is 2.21. The number of amides is 1. The van der Waals surface area contributed by atoms with Crippen molar-refractivity contribution in [1.29, 1.82) is 5.26 Å². The number of rotatable bonds is 4. The second-order valence-corrected chi connectivity index (χ2v) is 4.19. The van der Waals surface area contributed by atoms with Crippen LogP contribution >= 0.6 is 0 Å². The molecule has 0 aliphatic carbocycles. The zero-order chi connectivity index (χ0) is 15.2. The molecule has 0 aliphatic heterocycles. The third kappa shape index (κ3) is 3.37. The van der Waals surface area contributed by atoms with Crippen molar-refractivity contribution in [3.8, 4) is 11.8 Å². The Kier molecular flexibility index (Phi) is 4.52. The first kappa shape index (κ1) is 14.5. The van der Waals surface area contributed by atoms with E-state index in [1.54, 1.807) is 31.2 Å². The van der Waals surface area contributed by atoms with Crippen LogP contribution in [-0.4, -0.2) is 12.5 Å². The van der Waals surface area contributed by atoms with Gasteiger partial charge in [0.15, 0.2) is 11.6 Å². The highest BCUT2D eigenvalue weighted by Gasteiger charge is 2.12. The molecular formula is C16H13FN2O2. The third-order valence-electron chi connectivity index (χ3n) is 2.79. The number of carbonyl (C=O) groups is 1. The number of anilines is 1. The van der Waals surface area contributed by atoms with Crippen LogP contribution in [0.25, 0.3) is 0 Å². The molecule has 0 spiro atoms. The minimum Gasteiger partial charge on any atom is -0.491 e. The SMILES string of the molecule is CCOc1ccc(C(=O)Nc2ccccc2C#N)cc1F. The highest BCUT2D eigenvalue weighted by molar-refractivity contribution is 6.05. The Morgan fingerprint density at radius 3 is 2.76 bits per heavy atom. The summed E-state index contributed by atoms with van der Waals surface area (Å²) in [4.78, 5) is 12.1. The van der Waals surface area contributed by atoms with Gasteiger partial charge in [0.1, 0.15) is 6.07 Å². The van der Waals surface area contributed by atoms with Gasteiger partial charge < -0.3 is 10.1 Å². The Morgan fingerprint density at radius 1 is 1.33 bits per heavy atom. The summed E-state index contributed by atoms with van der Waals surface area (Å²) < 4.78 is 18.8. The molecule has 0 unspecified atom stereocenters. The quantitative estimate of drug-likeness (QED) is 0.936. The number of ether oxygens (including phenoxy) is 1. The summed E-state index contributed by atoms with van der Waals surface area (Å²) in [5, 5.41) is 11.6. The van der Waals surface area contributed by atoms with Crippen molar-refractivity contribution in [2.75, 3.05) is 11.9 Å². The first-order valence-corrected chi connectivity index (χ1v) is 6.38. The Hall–Kier alpha value is -2.87. The number of nitriles is 1. The lowest BCUT2D eigenvalue weighted by Gasteiger charge is -2.08. The highest BCUT2D eigenvalue weighted by atomic mass is 19.1. The van der Waals surface area contributed by atoms with Crippen LogP contribution in [0.4, 0.5) is 10.1 Å². The molecule has 1 N–H and O–H groups in total. The zero-order valence-corrected chi connectivity index (χ0v) is 11.4. The van der Waals surface area contributed by atoms with Gasteiger partial charge in [-0.15, -0.1) is 0 Å². The lowest BCUT2D eigenvalue weighted by Crippen LogP contribution is -2.13. The van der Waals surface area contributed by atoms with Crippen molar-refractivity contribution >= 4 is 11.6 Å².